The van der Waals surface area contributed by atoms with E-state index in [1.54, 1.807) is 50.3 Å². The van der Waals surface area contributed by atoms with Gasteiger partial charge in [0, 0.05) is 81.3 Å². The maximum atomic E-state index is 13.9. The smallest absolute Gasteiger partial charge is 0.276 e. The summed E-state index contributed by atoms with van der Waals surface area (Å²) < 4.78 is 13.3. The quantitative estimate of drug-likeness (QED) is 0.0366. The van der Waals surface area contributed by atoms with E-state index >= 15 is 0 Å². The van der Waals surface area contributed by atoms with E-state index in [1.165, 1.54) is 11.8 Å². The monoisotopic (exact) mass is 963 g/mol. The summed E-state index contributed by atoms with van der Waals surface area (Å²) in [6.45, 7) is 13.5. The molecule has 5 amide bonds. The van der Waals surface area contributed by atoms with E-state index in [9.17, 15) is 24.0 Å². The van der Waals surface area contributed by atoms with Gasteiger partial charge in [0.25, 0.3) is 11.8 Å². The Balaban J connectivity index is 1.18. The molecule has 6 aromatic rings. The van der Waals surface area contributed by atoms with E-state index < -0.39 is 23.6 Å². The predicted molar refractivity (Wildman–Crippen MR) is 265 cm³/mol. The van der Waals surface area contributed by atoms with Crippen molar-refractivity contribution >= 4 is 75.3 Å². The molecule has 7 rings (SSSR count). The Hall–Kier alpha value is -7.04. The molecule has 2 aromatic carbocycles. The summed E-state index contributed by atoms with van der Waals surface area (Å²) >= 11 is 1.41. The predicted octanol–water partition coefficient (Wildman–Crippen LogP) is 4.03. The SMILES string of the molecule is CCn1nc(C)cc1C(=O)Nc1nc2cc(C(N)=O)cc(OCCCN3CCN(C(=O)CCCNC)CC3)c2n1C/C=C/Cn1c(NC(=O)c2cc(C)nn2CC)nc2cc(C(N)=O)cc(SC)c21. The maximum absolute atomic E-state index is 13.9. The molecule has 0 atom stereocenters. The van der Waals surface area contributed by atoms with Gasteiger partial charge in [-0.1, -0.05) is 12.2 Å². The van der Waals surface area contributed by atoms with Gasteiger partial charge in [0.2, 0.25) is 29.6 Å². The minimum Gasteiger partial charge on any atom is -0.491 e. The number of piperazine rings is 1. The van der Waals surface area contributed by atoms with Crippen LogP contribution in [-0.4, -0.2) is 137 Å². The van der Waals surface area contributed by atoms with E-state index in [-0.39, 0.29) is 42.0 Å². The highest BCUT2D eigenvalue weighted by molar-refractivity contribution is 7.98. The normalized spacial score (nSPS) is 13.2. The molecule has 22 heteroatoms. The van der Waals surface area contributed by atoms with Gasteiger partial charge < -0.3 is 35.6 Å². The first-order valence-corrected chi connectivity index (χ1v) is 24.3. The second kappa shape index (κ2) is 22.4. The summed E-state index contributed by atoms with van der Waals surface area (Å²) in [6, 6.07) is 9.88. The van der Waals surface area contributed by atoms with Gasteiger partial charge in [-0.05, 0) is 96.8 Å². The summed E-state index contributed by atoms with van der Waals surface area (Å²) in [6.07, 6.45) is 7.66. The molecule has 366 valence electrons. The van der Waals surface area contributed by atoms with Crippen LogP contribution in [0.3, 0.4) is 0 Å². The molecule has 0 bridgehead atoms. The van der Waals surface area contributed by atoms with Crippen molar-refractivity contribution in [1.29, 1.82) is 0 Å². The fourth-order valence-electron chi connectivity index (χ4n) is 8.45. The molecule has 0 spiro atoms. The Morgan fingerprint density at radius 3 is 1.80 bits per heavy atom. The van der Waals surface area contributed by atoms with Crippen molar-refractivity contribution in [1.82, 2.24) is 53.8 Å². The van der Waals surface area contributed by atoms with Gasteiger partial charge >= 0.3 is 0 Å². The van der Waals surface area contributed by atoms with Crippen molar-refractivity contribution in [3.63, 3.8) is 0 Å². The van der Waals surface area contributed by atoms with E-state index in [4.69, 9.17) is 26.2 Å². The van der Waals surface area contributed by atoms with Crippen molar-refractivity contribution in [3.8, 4) is 5.75 Å². The molecule has 69 heavy (non-hydrogen) atoms. The van der Waals surface area contributed by atoms with Crippen LogP contribution in [-0.2, 0) is 31.0 Å². The lowest BCUT2D eigenvalue weighted by Gasteiger charge is -2.34. The minimum absolute atomic E-state index is 0.174. The number of carbonyl (C=O) groups is 5. The first kappa shape index (κ1) is 49.9. The van der Waals surface area contributed by atoms with Gasteiger partial charge in [-0.25, -0.2) is 9.97 Å². The summed E-state index contributed by atoms with van der Waals surface area (Å²) in [4.78, 5) is 79.9. The third kappa shape index (κ3) is 11.5. The number of aryl methyl sites for hydroxylation is 4. The molecule has 0 unspecified atom stereocenters. The third-order valence-electron chi connectivity index (χ3n) is 11.9. The first-order valence-electron chi connectivity index (χ1n) is 23.1. The van der Waals surface area contributed by atoms with Crippen LogP contribution in [0.4, 0.5) is 11.9 Å². The van der Waals surface area contributed by atoms with Gasteiger partial charge in [0.15, 0.2) is 0 Å². The average molecular weight is 964 g/mol. The molecule has 1 aliphatic rings. The lowest BCUT2D eigenvalue weighted by Crippen LogP contribution is -2.49. The standard InChI is InChI=1S/C47H61N15O6S/c1-7-61-35(23-29(3)55-61)44(66)53-46-51-33-25-31(42(48)64)27-37(68-22-12-15-57-18-20-58(21-19-57)39(63)13-11-14-50-5)40(33)59(46)16-9-10-17-60-41-34(26-32(43(49)65)28-38(41)69-6)52-47(60)54-45(67)36-24-30(4)56-62(36)8-2/h9-10,23-28,50H,7-8,11-22H2,1-6H3,(H2,48,64)(H2,49,65)(H,51,53,66)(H,52,54,67)/b10-9+. The van der Waals surface area contributed by atoms with Crippen LogP contribution >= 0.6 is 11.8 Å². The lowest BCUT2D eigenvalue weighted by molar-refractivity contribution is -0.133. The highest BCUT2D eigenvalue weighted by Crippen LogP contribution is 2.33. The number of hydrogen-bond donors (Lipinski definition) is 5. The number of benzene rings is 2. The topological polar surface area (TPSA) is 260 Å². The largest absolute Gasteiger partial charge is 0.491 e. The van der Waals surface area contributed by atoms with E-state index in [1.807, 2.05) is 62.6 Å². The molecule has 1 fully saturated rings. The molecule has 7 N–H and O–H groups in total. The molecule has 4 aromatic heterocycles. The Morgan fingerprint density at radius 1 is 0.739 bits per heavy atom. The molecular formula is C47H61N15O6S. The summed E-state index contributed by atoms with van der Waals surface area (Å²) in [5.74, 6) is -1.14. The van der Waals surface area contributed by atoms with Crippen LogP contribution in [0.2, 0.25) is 0 Å². The fraction of sp³-hybridized carbons (Fsp3) is 0.426. The highest BCUT2D eigenvalue weighted by Gasteiger charge is 2.25. The summed E-state index contributed by atoms with van der Waals surface area (Å²) in [5.41, 5.74) is 16.1. The molecule has 0 aliphatic carbocycles. The summed E-state index contributed by atoms with van der Waals surface area (Å²) in [5, 5.41) is 17.9. The van der Waals surface area contributed by atoms with Gasteiger partial charge in [0.05, 0.1) is 34.5 Å². The molecule has 1 aliphatic heterocycles. The number of thioether (sulfide) groups is 1. The van der Waals surface area contributed by atoms with Crippen LogP contribution in [0.5, 0.6) is 5.75 Å². The highest BCUT2D eigenvalue weighted by atomic mass is 32.2. The number of ether oxygens (including phenoxy) is 1. The number of hydrogen-bond acceptors (Lipinski definition) is 13. The number of nitrogens with two attached hydrogens (primary N) is 2. The lowest BCUT2D eigenvalue weighted by atomic mass is 10.1. The molecule has 0 saturated carbocycles. The molecule has 1 saturated heterocycles. The van der Waals surface area contributed by atoms with Crippen molar-refractivity contribution < 1.29 is 28.7 Å². The van der Waals surface area contributed by atoms with E-state index in [0.29, 0.717) is 96.2 Å². The van der Waals surface area contributed by atoms with Gasteiger partial charge in [-0.3, -0.25) is 48.9 Å². The van der Waals surface area contributed by atoms with Crippen molar-refractivity contribution in [2.75, 3.05) is 69.8 Å². The Labute approximate surface area is 404 Å². The zero-order valence-electron chi connectivity index (χ0n) is 40.0. The number of nitrogens with one attached hydrogen (secondary N) is 3. The van der Waals surface area contributed by atoms with E-state index in [0.717, 1.165) is 37.5 Å². The second-order valence-electron chi connectivity index (χ2n) is 16.7. The van der Waals surface area contributed by atoms with Gasteiger partial charge in [-0.15, -0.1) is 11.8 Å². The number of fused-ring (bicyclic) bond motifs is 2. The van der Waals surface area contributed by atoms with Crippen LogP contribution in [0.15, 0.2) is 53.4 Å². The minimum atomic E-state index is -0.667. The fourth-order valence-corrected chi connectivity index (χ4v) is 9.10. The van der Waals surface area contributed by atoms with Crippen LogP contribution in [0, 0.1) is 13.8 Å². The van der Waals surface area contributed by atoms with E-state index in [2.05, 4.69) is 31.0 Å². The van der Waals surface area contributed by atoms with Crippen molar-refractivity contribution in [3.05, 3.63) is 82.5 Å². The van der Waals surface area contributed by atoms with Gasteiger partial charge in [-0.2, -0.15) is 10.2 Å². The van der Waals surface area contributed by atoms with Crippen molar-refractivity contribution in [2.24, 2.45) is 11.5 Å². The van der Waals surface area contributed by atoms with Crippen LogP contribution < -0.4 is 32.2 Å². The zero-order chi connectivity index (χ0) is 49.4. The molecular weight excluding hydrogens is 903 g/mol. The number of carbonyl (C=O) groups excluding carboxylic acids is 5. The van der Waals surface area contributed by atoms with Crippen LogP contribution in [0.1, 0.15) is 86.2 Å². The Bertz CT molecular complexity index is 2900. The number of anilines is 2. The van der Waals surface area contributed by atoms with Gasteiger partial charge in [0.1, 0.15) is 22.7 Å². The Kier molecular flexibility index (Phi) is 16.2. The molecule has 0 radical (unpaired) electrons. The molecule has 5 heterocycles. The number of rotatable bonds is 22. The summed E-state index contributed by atoms with van der Waals surface area (Å²) in [7, 11) is 1.88. The maximum Gasteiger partial charge on any atom is 0.276 e. The molecule has 21 nitrogen and oxygen atoms in total. The van der Waals surface area contributed by atoms with Crippen molar-refractivity contribution in [2.45, 2.75) is 78.0 Å². The Morgan fingerprint density at radius 2 is 1.28 bits per heavy atom. The number of primary amides is 2. The second-order valence-corrected chi connectivity index (χ2v) is 17.5. The number of imidazole rings is 2. The zero-order valence-corrected chi connectivity index (χ0v) is 40.8. The first-order chi connectivity index (χ1) is 33.2. The third-order valence-corrected chi connectivity index (χ3v) is 12.6. The van der Waals surface area contributed by atoms with Crippen LogP contribution in [0.25, 0.3) is 22.1 Å². The number of allylic oxidation sites excluding steroid dienone is 2. The number of amides is 5. The average Bonchev–Trinajstić information content (AvgIpc) is 4.10. The number of aromatic nitrogens is 8. The number of nitrogens with zero attached hydrogens (tertiary/aromatic N) is 10.